The molecule has 2 atom stereocenters. The van der Waals surface area contributed by atoms with Gasteiger partial charge in [-0.25, -0.2) is 31.0 Å². The topological polar surface area (TPSA) is 90.7 Å². The second kappa shape index (κ2) is 10.3. The Kier molecular flexibility index (Phi) is 7.72. The highest BCUT2D eigenvalue weighted by Gasteiger charge is 2.21. The highest BCUT2D eigenvalue weighted by atomic mass is 35.5. The summed E-state index contributed by atoms with van der Waals surface area (Å²) in [5, 5.41) is -0.961. The molecular weight excluding hydrogens is 502 g/mol. The van der Waals surface area contributed by atoms with Gasteiger partial charge in [-0.2, -0.15) is 4.98 Å². The number of benzene rings is 2. The van der Waals surface area contributed by atoms with Crippen molar-refractivity contribution in [3.8, 4) is 23.4 Å². The van der Waals surface area contributed by atoms with Gasteiger partial charge in [-0.1, -0.05) is 11.6 Å². The normalized spacial score (nSPS) is 13.6. The van der Waals surface area contributed by atoms with Crippen molar-refractivity contribution < 1.29 is 35.5 Å². The van der Waals surface area contributed by atoms with E-state index >= 15 is 0 Å². The van der Waals surface area contributed by atoms with Crippen LogP contribution in [0.3, 0.4) is 0 Å². The molecule has 7 nitrogen and oxygen atoms in total. The lowest BCUT2D eigenvalue weighted by Crippen LogP contribution is -2.17. The minimum atomic E-state index is -3.44. The van der Waals surface area contributed by atoms with Gasteiger partial charge in [0.05, 0.1) is 10.8 Å². The molecule has 1 aromatic heterocycles. The molecule has 180 valence electrons. The summed E-state index contributed by atoms with van der Waals surface area (Å²) < 4.78 is 88.3. The first-order valence-electron chi connectivity index (χ1n) is 9.43. The number of ether oxygens (including phenoxy) is 2. The Hall–Kier alpha value is -3.25. The molecule has 34 heavy (non-hydrogen) atoms. The molecule has 0 aliphatic heterocycles. The Morgan fingerprint density at radius 2 is 1.56 bits per heavy atom. The predicted molar refractivity (Wildman–Crippen MR) is 116 cm³/mol. The summed E-state index contributed by atoms with van der Waals surface area (Å²) in [5.74, 6) is -5.00. The Labute approximate surface area is 197 Å². The first-order chi connectivity index (χ1) is 15.9. The van der Waals surface area contributed by atoms with Gasteiger partial charge >= 0.3 is 6.01 Å². The second-order valence-corrected chi connectivity index (χ2v) is 9.75. The van der Waals surface area contributed by atoms with E-state index in [2.05, 4.69) is 15.0 Å². The Morgan fingerprint density at radius 1 is 1.00 bits per heavy atom. The van der Waals surface area contributed by atoms with E-state index in [0.717, 1.165) is 42.9 Å². The summed E-state index contributed by atoms with van der Waals surface area (Å²) in [6, 6.07) is 4.58. The van der Waals surface area contributed by atoms with E-state index < -0.39 is 61.4 Å². The number of sulfone groups is 1. The van der Waals surface area contributed by atoms with E-state index in [1.807, 2.05) is 0 Å². The zero-order valence-corrected chi connectivity index (χ0v) is 19.1. The van der Waals surface area contributed by atoms with Gasteiger partial charge in [-0.05, 0) is 31.2 Å². The lowest BCUT2D eigenvalue weighted by molar-refractivity contribution is 0.379. The fourth-order valence-corrected chi connectivity index (χ4v) is 2.87. The zero-order chi connectivity index (χ0) is 25.0. The smallest absolute Gasteiger partial charge is 0.325 e. The third-order valence-electron chi connectivity index (χ3n) is 4.31. The standard InChI is InChI=1S/C21H16ClF4N3O4S/c1-11(34(2,30)31)9-27-19(22)14-10-28-21(33-18-6-4-13(24)8-16(18)26)29-20(14)32-17-5-3-12(23)7-15(17)25/h3-11,19H,1-2H3/t11-,19?/m1/s1. The van der Waals surface area contributed by atoms with Crippen molar-refractivity contribution in [1.82, 2.24) is 9.97 Å². The van der Waals surface area contributed by atoms with Gasteiger partial charge < -0.3 is 9.47 Å². The molecule has 0 aliphatic rings. The first-order valence-corrected chi connectivity index (χ1v) is 11.8. The van der Waals surface area contributed by atoms with Crippen LogP contribution in [-0.2, 0) is 9.84 Å². The van der Waals surface area contributed by atoms with Crippen LogP contribution in [0.5, 0.6) is 23.4 Å². The number of nitrogens with zero attached hydrogens (tertiary/aromatic N) is 3. The SMILES string of the molecule is C[C@H](C=NC(Cl)c1cnc(Oc2ccc(F)cc2F)nc1Oc1ccc(F)cc1F)S(C)(=O)=O. The molecular formula is C21H16ClF4N3O4S. The summed E-state index contributed by atoms with van der Waals surface area (Å²) in [4.78, 5) is 11.7. The van der Waals surface area contributed by atoms with Crippen LogP contribution in [0.1, 0.15) is 18.0 Å². The average molecular weight is 518 g/mol. The van der Waals surface area contributed by atoms with E-state index in [1.165, 1.54) is 6.92 Å². The maximum Gasteiger partial charge on any atom is 0.325 e. The molecule has 0 aliphatic carbocycles. The van der Waals surface area contributed by atoms with Crippen LogP contribution in [0.15, 0.2) is 47.6 Å². The maximum absolute atomic E-state index is 14.1. The summed E-state index contributed by atoms with van der Waals surface area (Å²) in [7, 11) is -3.44. The van der Waals surface area contributed by atoms with E-state index in [-0.39, 0.29) is 11.4 Å². The molecule has 3 aromatic rings. The summed E-state index contributed by atoms with van der Waals surface area (Å²) in [5.41, 5.74) is -1.31. The fourth-order valence-electron chi connectivity index (χ4n) is 2.36. The minimum Gasteiger partial charge on any atom is -0.435 e. The summed E-state index contributed by atoms with van der Waals surface area (Å²) >= 11 is 6.24. The fraction of sp³-hybridized carbons (Fsp3) is 0.190. The molecule has 1 heterocycles. The highest BCUT2D eigenvalue weighted by molar-refractivity contribution is 7.91. The molecule has 0 fully saturated rings. The van der Waals surface area contributed by atoms with E-state index in [1.54, 1.807) is 0 Å². The predicted octanol–water partition coefficient (Wildman–Crippen LogP) is 5.36. The van der Waals surface area contributed by atoms with Crippen molar-refractivity contribution in [2.75, 3.05) is 6.26 Å². The average Bonchev–Trinajstić information content (AvgIpc) is 2.75. The monoisotopic (exact) mass is 517 g/mol. The van der Waals surface area contributed by atoms with Crippen molar-refractivity contribution in [2.45, 2.75) is 17.7 Å². The summed E-state index contributed by atoms with van der Waals surface area (Å²) in [6.45, 7) is 1.39. The Bertz CT molecular complexity index is 1340. The quantitative estimate of drug-likeness (QED) is 0.173. The molecule has 0 amide bonds. The molecule has 1 unspecified atom stereocenters. The van der Waals surface area contributed by atoms with Gasteiger partial charge in [0.25, 0.3) is 0 Å². The molecule has 0 bridgehead atoms. The van der Waals surface area contributed by atoms with Gasteiger partial charge in [-0.15, -0.1) is 0 Å². The number of hydrogen-bond acceptors (Lipinski definition) is 7. The second-order valence-electron chi connectivity index (χ2n) is 6.94. The van der Waals surface area contributed by atoms with Crippen LogP contribution in [0, 0.1) is 23.3 Å². The molecule has 0 saturated carbocycles. The van der Waals surface area contributed by atoms with Crippen LogP contribution in [-0.4, -0.2) is 36.1 Å². The third-order valence-corrected chi connectivity index (χ3v) is 6.13. The van der Waals surface area contributed by atoms with E-state index in [4.69, 9.17) is 21.1 Å². The van der Waals surface area contributed by atoms with Crippen molar-refractivity contribution in [3.63, 3.8) is 0 Å². The van der Waals surface area contributed by atoms with E-state index in [0.29, 0.717) is 12.1 Å². The Morgan fingerprint density at radius 3 is 2.09 bits per heavy atom. The zero-order valence-electron chi connectivity index (χ0n) is 17.5. The number of halogens is 5. The van der Waals surface area contributed by atoms with Crippen LogP contribution < -0.4 is 9.47 Å². The third kappa shape index (κ3) is 6.41. The lowest BCUT2D eigenvalue weighted by Gasteiger charge is -2.14. The largest absolute Gasteiger partial charge is 0.435 e. The van der Waals surface area contributed by atoms with Crippen LogP contribution in [0.25, 0.3) is 0 Å². The van der Waals surface area contributed by atoms with Crippen LogP contribution in [0.2, 0.25) is 0 Å². The first kappa shape index (κ1) is 25.4. The lowest BCUT2D eigenvalue weighted by atomic mass is 10.3. The minimum absolute atomic E-state index is 0.0331. The van der Waals surface area contributed by atoms with Gasteiger partial charge in [0.15, 0.2) is 38.5 Å². The molecule has 3 rings (SSSR count). The van der Waals surface area contributed by atoms with Crippen molar-refractivity contribution >= 4 is 27.7 Å². The summed E-state index contributed by atoms with van der Waals surface area (Å²) in [6.07, 6.45) is 3.19. The van der Waals surface area contributed by atoms with Gasteiger partial charge in [-0.3, -0.25) is 4.99 Å². The van der Waals surface area contributed by atoms with Crippen LogP contribution in [0.4, 0.5) is 17.6 Å². The number of aromatic nitrogens is 2. The molecule has 0 saturated heterocycles. The van der Waals surface area contributed by atoms with Crippen molar-refractivity contribution in [1.29, 1.82) is 0 Å². The number of hydrogen-bond donors (Lipinski definition) is 0. The molecule has 2 aromatic carbocycles. The highest BCUT2D eigenvalue weighted by Crippen LogP contribution is 2.35. The number of aliphatic imine (C=N–C) groups is 1. The number of alkyl halides is 1. The van der Waals surface area contributed by atoms with Gasteiger partial charge in [0.1, 0.15) is 11.6 Å². The number of rotatable bonds is 8. The van der Waals surface area contributed by atoms with Gasteiger partial charge in [0.2, 0.25) is 5.88 Å². The van der Waals surface area contributed by atoms with Crippen LogP contribution >= 0.6 is 11.6 Å². The Balaban J connectivity index is 1.99. The van der Waals surface area contributed by atoms with Crippen molar-refractivity contribution in [2.24, 2.45) is 4.99 Å². The molecule has 13 heteroatoms. The molecule has 0 spiro atoms. The van der Waals surface area contributed by atoms with E-state index in [9.17, 15) is 26.0 Å². The molecule has 0 radical (unpaired) electrons. The maximum atomic E-state index is 14.1. The van der Waals surface area contributed by atoms with Gasteiger partial charge in [0, 0.05) is 30.8 Å². The molecule has 0 N–H and O–H groups in total. The van der Waals surface area contributed by atoms with Crippen molar-refractivity contribution in [3.05, 3.63) is 71.4 Å².